The van der Waals surface area contributed by atoms with Crippen molar-refractivity contribution in [1.29, 1.82) is 0 Å². The Bertz CT molecular complexity index is 786. The van der Waals surface area contributed by atoms with Crippen molar-refractivity contribution in [2.75, 3.05) is 13.1 Å². The Morgan fingerprint density at radius 3 is 2.68 bits per heavy atom. The summed E-state index contributed by atoms with van der Waals surface area (Å²) in [5.74, 6) is -0.0365. The van der Waals surface area contributed by atoms with Crippen LogP contribution in [-0.2, 0) is 4.79 Å². The Morgan fingerprint density at radius 1 is 1.20 bits per heavy atom. The molecule has 0 saturated carbocycles. The Morgan fingerprint density at radius 2 is 2.04 bits per heavy atom. The van der Waals surface area contributed by atoms with E-state index in [-0.39, 0.29) is 18.5 Å². The van der Waals surface area contributed by atoms with Gasteiger partial charge in [-0.25, -0.2) is 0 Å². The number of hydrazone groups is 1. The van der Waals surface area contributed by atoms with Crippen LogP contribution in [0.15, 0.2) is 47.8 Å². The van der Waals surface area contributed by atoms with Gasteiger partial charge in [-0.05, 0) is 49.1 Å². The van der Waals surface area contributed by atoms with Gasteiger partial charge in [-0.1, -0.05) is 24.3 Å². The smallest absolute Gasteiger partial charge is 0.242 e. The summed E-state index contributed by atoms with van der Waals surface area (Å²) in [6.45, 7) is 7.25. The van der Waals surface area contributed by atoms with Crippen molar-refractivity contribution in [3.8, 4) is 0 Å². The summed E-state index contributed by atoms with van der Waals surface area (Å²) in [5, 5.41) is 9.36. The second-order valence-corrected chi connectivity index (χ2v) is 6.60. The Labute approximate surface area is 148 Å². The number of pyridine rings is 1. The normalized spacial score (nSPS) is 15.0. The molecule has 0 spiro atoms. The average molecular weight is 336 g/mol. The second-order valence-electron chi connectivity index (χ2n) is 6.60. The lowest BCUT2D eigenvalue weighted by atomic mass is 9.96. The summed E-state index contributed by atoms with van der Waals surface area (Å²) in [7, 11) is 0. The predicted molar refractivity (Wildman–Crippen MR) is 99.4 cm³/mol. The van der Waals surface area contributed by atoms with E-state index in [0.29, 0.717) is 0 Å². The minimum atomic E-state index is -0.215. The first-order chi connectivity index (χ1) is 12.0. The number of amides is 1. The topological polar surface area (TPSA) is 57.6 Å². The van der Waals surface area contributed by atoms with Gasteiger partial charge in [0.25, 0.3) is 0 Å². The molecule has 1 aromatic carbocycles. The zero-order valence-electron chi connectivity index (χ0n) is 15.0. The fourth-order valence-corrected chi connectivity index (χ4v) is 2.97. The van der Waals surface area contributed by atoms with Crippen LogP contribution in [0.4, 0.5) is 0 Å². The van der Waals surface area contributed by atoms with Gasteiger partial charge in [0.1, 0.15) is 6.54 Å². The first kappa shape index (κ1) is 17.1. The van der Waals surface area contributed by atoms with Crippen molar-refractivity contribution in [3.05, 3.63) is 65.0 Å². The maximum atomic E-state index is 12.6. The van der Waals surface area contributed by atoms with Gasteiger partial charge in [-0.2, -0.15) is 5.10 Å². The molecule has 1 N–H and O–H groups in total. The third kappa shape index (κ3) is 4.24. The average Bonchev–Trinajstić information content (AvgIpc) is 3.01. The number of hydrogen-bond donors (Lipinski definition) is 1. The lowest BCUT2D eigenvalue weighted by Gasteiger charge is -2.22. The van der Waals surface area contributed by atoms with E-state index in [0.717, 1.165) is 29.8 Å². The van der Waals surface area contributed by atoms with Crippen LogP contribution in [0.25, 0.3) is 0 Å². The van der Waals surface area contributed by atoms with Crippen LogP contribution < -0.4 is 5.32 Å². The molecule has 1 amide bonds. The number of nitrogens with one attached hydrogen (secondary N) is 1. The molecule has 0 aliphatic carbocycles. The Kier molecular flexibility index (Phi) is 5.12. The zero-order chi connectivity index (χ0) is 17.8. The summed E-state index contributed by atoms with van der Waals surface area (Å²) in [6, 6.07) is 9.96. The number of hydrogen-bond acceptors (Lipinski definition) is 4. The molecule has 1 aromatic heterocycles. The molecule has 2 aromatic rings. The third-order valence-corrected chi connectivity index (χ3v) is 4.56. The van der Waals surface area contributed by atoms with E-state index in [1.54, 1.807) is 12.4 Å². The molecule has 0 radical (unpaired) electrons. The number of aromatic nitrogens is 1. The van der Waals surface area contributed by atoms with Crippen molar-refractivity contribution in [2.45, 2.75) is 33.2 Å². The van der Waals surface area contributed by atoms with Gasteiger partial charge in [0.15, 0.2) is 0 Å². The quantitative estimate of drug-likeness (QED) is 0.913. The van der Waals surface area contributed by atoms with Gasteiger partial charge in [0.05, 0.1) is 6.04 Å². The van der Waals surface area contributed by atoms with Gasteiger partial charge < -0.3 is 5.32 Å². The molecule has 0 fully saturated rings. The molecule has 1 aliphatic rings. The van der Waals surface area contributed by atoms with Crippen LogP contribution in [0.5, 0.6) is 0 Å². The van der Waals surface area contributed by atoms with Crippen LogP contribution in [0, 0.1) is 13.8 Å². The largest absolute Gasteiger partial charge is 0.344 e. The maximum Gasteiger partial charge on any atom is 0.242 e. The van der Waals surface area contributed by atoms with Crippen LogP contribution in [0.1, 0.15) is 41.6 Å². The van der Waals surface area contributed by atoms with Crippen molar-refractivity contribution in [1.82, 2.24) is 15.3 Å². The molecule has 1 atom stereocenters. The molecule has 0 bridgehead atoms. The first-order valence-corrected chi connectivity index (χ1v) is 8.58. The maximum absolute atomic E-state index is 12.6. The van der Waals surface area contributed by atoms with E-state index >= 15 is 0 Å². The monoisotopic (exact) mass is 336 g/mol. The SMILES string of the molecule is CC1=NN(CC(=O)NC(c2cccnc2)c2ccc(C)c(C)c2)CC1. The van der Waals surface area contributed by atoms with E-state index in [4.69, 9.17) is 0 Å². The summed E-state index contributed by atoms with van der Waals surface area (Å²) in [4.78, 5) is 16.8. The lowest BCUT2D eigenvalue weighted by molar-refractivity contribution is -0.122. The summed E-state index contributed by atoms with van der Waals surface area (Å²) in [5.41, 5.74) is 5.55. The van der Waals surface area contributed by atoms with Crippen molar-refractivity contribution in [3.63, 3.8) is 0 Å². The molecule has 5 heteroatoms. The van der Waals surface area contributed by atoms with Gasteiger partial charge >= 0.3 is 0 Å². The summed E-state index contributed by atoms with van der Waals surface area (Å²) >= 11 is 0. The highest BCUT2D eigenvalue weighted by Gasteiger charge is 2.20. The molecule has 130 valence electrons. The van der Waals surface area contributed by atoms with Gasteiger partial charge in [0, 0.05) is 31.1 Å². The number of benzene rings is 1. The number of aryl methyl sites for hydroxylation is 2. The van der Waals surface area contributed by atoms with E-state index in [2.05, 4.69) is 47.4 Å². The molecule has 25 heavy (non-hydrogen) atoms. The zero-order valence-corrected chi connectivity index (χ0v) is 15.0. The van der Waals surface area contributed by atoms with Crippen molar-refractivity contribution >= 4 is 11.6 Å². The standard InChI is InChI=1S/C20H24N4O/c1-14-6-7-17(11-15(14)2)20(18-5-4-9-21-12-18)22-19(25)13-24-10-8-16(3)23-24/h4-7,9,11-12,20H,8,10,13H2,1-3H3,(H,22,25). The van der Waals surface area contributed by atoms with Gasteiger partial charge in [-0.3, -0.25) is 14.8 Å². The second kappa shape index (κ2) is 7.47. The van der Waals surface area contributed by atoms with Crippen molar-refractivity contribution < 1.29 is 4.79 Å². The molecule has 5 nitrogen and oxygen atoms in total. The molecule has 3 rings (SSSR count). The molecule has 2 heterocycles. The lowest BCUT2D eigenvalue weighted by Crippen LogP contribution is -2.36. The summed E-state index contributed by atoms with van der Waals surface area (Å²) in [6.07, 6.45) is 4.47. The number of nitrogens with zero attached hydrogens (tertiary/aromatic N) is 3. The van der Waals surface area contributed by atoms with Crippen molar-refractivity contribution in [2.24, 2.45) is 5.10 Å². The summed E-state index contributed by atoms with van der Waals surface area (Å²) < 4.78 is 0. The van der Waals surface area contributed by atoms with E-state index < -0.39 is 0 Å². The van der Waals surface area contributed by atoms with Gasteiger partial charge in [-0.15, -0.1) is 0 Å². The van der Waals surface area contributed by atoms with Gasteiger partial charge in [0.2, 0.25) is 5.91 Å². The minimum absolute atomic E-state index is 0.0365. The van der Waals surface area contributed by atoms with E-state index in [9.17, 15) is 4.79 Å². The molecular weight excluding hydrogens is 312 g/mol. The fourth-order valence-electron chi connectivity index (χ4n) is 2.97. The third-order valence-electron chi connectivity index (χ3n) is 4.56. The minimum Gasteiger partial charge on any atom is -0.344 e. The highest BCUT2D eigenvalue weighted by Crippen LogP contribution is 2.23. The number of carbonyl (C=O) groups is 1. The molecule has 1 aliphatic heterocycles. The fraction of sp³-hybridized carbons (Fsp3) is 0.350. The molecule has 0 saturated heterocycles. The number of rotatable bonds is 5. The highest BCUT2D eigenvalue weighted by atomic mass is 16.2. The van der Waals surface area contributed by atoms with Crippen LogP contribution in [0.2, 0.25) is 0 Å². The molecule has 1 unspecified atom stereocenters. The first-order valence-electron chi connectivity index (χ1n) is 8.58. The Balaban J connectivity index is 1.81. The van der Waals surface area contributed by atoms with Crippen LogP contribution in [0.3, 0.4) is 0 Å². The number of carbonyl (C=O) groups excluding carboxylic acids is 1. The highest BCUT2D eigenvalue weighted by molar-refractivity contribution is 5.84. The predicted octanol–water partition coefficient (Wildman–Crippen LogP) is 2.99. The van der Waals surface area contributed by atoms with E-state index in [1.807, 2.05) is 24.1 Å². The Hall–Kier alpha value is -2.69. The van der Waals surface area contributed by atoms with E-state index in [1.165, 1.54) is 11.1 Å². The van der Waals surface area contributed by atoms with Crippen LogP contribution in [-0.4, -0.2) is 34.7 Å². The molecular formula is C20H24N4O. The van der Waals surface area contributed by atoms with Crippen LogP contribution >= 0.6 is 0 Å².